The van der Waals surface area contributed by atoms with Gasteiger partial charge in [0, 0.05) is 7.11 Å². The van der Waals surface area contributed by atoms with Gasteiger partial charge in [-0.15, -0.1) is 0 Å². The van der Waals surface area contributed by atoms with Crippen LogP contribution in [0.2, 0.25) is 12.1 Å². The second kappa shape index (κ2) is 7.63. The minimum absolute atomic E-state index is 0.758. The number of hydrogen-bond donors (Lipinski definition) is 1. The zero-order valence-corrected chi connectivity index (χ0v) is 9.02. The van der Waals surface area contributed by atoms with Crippen LogP contribution in [0.15, 0.2) is 0 Å². The van der Waals surface area contributed by atoms with Crippen LogP contribution in [0.4, 0.5) is 0 Å². The second-order valence-electron chi connectivity index (χ2n) is 2.49. The Kier molecular flexibility index (Phi) is 8.03. The van der Waals surface area contributed by atoms with Gasteiger partial charge in [-0.25, -0.2) is 0 Å². The second-order valence-corrected chi connectivity index (χ2v) is 6.04. The Morgan fingerprint density at radius 2 is 2.10 bits per heavy atom. The van der Waals surface area contributed by atoms with Crippen molar-refractivity contribution in [3.63, 3.8) is 0 Å². The van der Waals surface area contributed by atoms with E-state index in [0.717, 1.165) is 5.75 Å². The van der Waals surface area contributed by atoms with Crippen molar-refractivity contribution >= 4 is 21.7 Å². The van der Waals surface area contributed by atoms with Crippen molar-refractivity contribution in [2.24, 2.45) is 0 Å². The van der Waals surface area contributed by atoms with Crippen molar-refractivity contribution in [3.8, 4) is 0 Å². The molecule has 0 aromatic carbocycles. The third-order valence-electron chi connectivity index (χ3n) is 1.72. The standard InChI is InChI=1S/C7H18OSSi/c1-3-10(8-2)7-5-4-6-9/h9-10H,3-7H2,1-2H3. The number of rotatable bonds is 6. The molecule has 0 saturated carbocycles. The summed E-state index contributed by atoms with van der Waals surface area (Å²) in [5.41, 5.74) is 0. The molecule has 0 spiro atoms. The molecule has 0 heterocycles. The number of unbranched alkanes of at least 4 members (excludes halogenated alkanes) is 1. The van der Waals surface area contributed by atoms with Crippen LogP contribution in [0.3, 0.4) is 0 Å². The molecular weight excluding hydrogens is 160 g/mol. The fraction of sp³-hybridized carbons (Fsp3) is 1.00. The normalized spacial score (nSPS) is 13.5. The van der Waals surface area contributed by atoms with E-state index in [1.165, 1.54) is 24.9 Å². The van der Waals surface area contributed by atoms with Gasteiger partial charge >= 0.3 is 0 Å². The van der Waals surface area contributed by atoms with E-state index in [9.17, 15) is 0 Å². The molecule has 0 rings (SSSR count). The summed E-state index contributed by atoms with van der Waals surface area (Å²) < 4.78 is 5.36. The molecule has 0 radical (unpaired) electrons. The first-order valence-electron chi connectivity index (χ1n) is 3.98. The van der Waals surface area contributed by atoms with Crippen molar-refractivity contribution in [2.75, 3.05) is 12.9 Å². The van der Waals surface area contributed by atoms with Crippen LogP contribution in [0, 0.1) is 0 Å². The summed E-state index contributed by atoms with van der Waals surface area (Å²) in [6, 6.07) is 2.59. The highest BCUT2D eigenvalue weighted by Crippen LogP contribution is 2.06. The van der Waals surface area contributed by atoms with E-state index in [4.69, 9.17) is 4.43 Å². The predicted octanol–water partition coefficient (Wildman–Crippen LogP) is 2.09. The molecule has 0 saturated heterocycles. The Hall–Kier alpha value is 0.527. The lowest BCUT2D eigenvalue weighted by atomic mass is 10.4. The molecule has 3 heteroatoms. The summed E-state index contributed by atoms with van der Waals surface area (Å²) in [6.45, 7) is 2.22. The molecule has 0 aromatic rings. The van der Waals surface area contributed by atoms with Crippen LogP contribution >= 0.6 is 12.6 Å². The van der Waals surface area contributed by atoms with Crippen LogP contribution in [-0.2, 0) is 4.43 Å². The van der Waals surface area contributed by atoms with Gasteiger partial charge in [0.15, 0.2) is 9.04 Å². The van der Waals surface area contributed by atoms with Gasteiger partial charge in [0.05, 0.1) is 0 Å². The first-order chi connectivity index (χ1) is 4.85. The van der Waals surface area contributed by atoms with Crippen molar-refractivity contribution in [3.05, 3.63) is 0 Å². The summed E-state index contributed by atoms with van der Waals surface area (Å²) in [5.74, 6) is 1.02. The van der Waals surface area contributed by atoms with Gasteiger partial charge in [-0.2, -0.15) is 12.6 Å². The highest BCUT2D eigenvalue weighted by Gasteiger charge is 2.04. The predicted molar refractivity (Wildman–Crippen MR) is 52.5 cm³/mol. The third kappa shape index (κ3) is 5.32. The van der Waals surface area contributed by atoms with Gasteiger partial charge in [-0.1, -0.05) is 13.3 Å². The average Bonchev–Trinajstić information content (AvgIpc) is 1.99. The van der Waals surface area contributed by atoms with E-state index in [1.807, 2.05) is 7.11 Å². The molecular formula is C7H18OSSi. The molecule has 10 heavy (non-hydrogen) atoms. The fourth-order valence-electron chi connectivity index (χ4n) is 0.972. The summed E-state index contributed by atoms with van der Waals surface area (Å²) in [7, 11) is 1.09. The monoisotopic (exact) mass is 178 g/mol. The molecule has 0 fully saturated rings. The maximum atomic E-state index is 5.36. The van der Waals surface area contributed by atoms with Crippen molar-refractivity contribution in [1.29, 1.82) is 0 Å². The summed E-state index contributed by atoms with van der Waals surface area (Å²) in [5, 5.41) is 0. The molecule has 0 aliphatic heterocycles. The van der Waals surface area contributed by atoms with Gasteiger partial charge in [-0.05, 0) is 24.3 Å². The molecule has 1 unspecified atom stereocenters. The Labute approximate surface area is 71.3 Å². The Balaban J connectivity index is 3.09. The largest absolute Gasteiger partial charge is 0.423 e. The Morgan fingerprint density at radius 1 is 1.40 bits per heavy atom. The van der Waals surface area contributed by atoms with Crippen molar-refractivity contribution < 1.29 is 4.43 Å². The zero-order chi connectivity index (χ0) is 7.82. The lowest BCUT2D eigenvalue weighted by molar-refractivity contribution is 0.417. The van der Waals surface area contributed by atoms with Crippen LogP contribution in [0.5, 0.6) is 0 Å². The summed E-state index contributed by atoms with van der Waals surface area (Å²) in [4.78, 5) is 0. The third-order valence-corrected chi connectivity index (χ3v) is 4.67. The first kappa shape index (κ1) is 10.5. The van der Waals surface area contributed by atoms with Gasteiger partial charge in [0.25, 0.3) is 0 Å². The molecule has 0 aromatic heterocycles. The van der Waals surface area contributed by atoms with E-state index in [1.54, 1.807) is 0 Å². The van der Waals surface area contributed by atoms with Crippen molar-refractivity contribution in [2.45, 2.75) is 31.9 Å². The maximum absolute atomic E-state index is 5.36. The van der Waals surface area contributed by atoms with Crippen LogP contribution in [-0.4, -0.2) is 21.9 Å². The minimum atomic E-state index is -0.758. The Morgan fingerprint density at radius 3 is 2.50 bits per heavy atom. The quantitative estimate of drug-likeness (QED) is 0.372. The van der Waals surface area contributed by atoms with Gasteiger partial charge in [0.1, 0.15) is 0 Å². The minimum Gasteiger partial charge on any atom is -0.423 e. The van der Waals surface area contributed by atoms with Crippen LogP contribution in [0.25, 0.3) is 0 Å². The first-order valence-corrected chi connectivity index (χ1v) is 6.72. The van der Waals surface area contributed by atoms with Gasteiger partial charge < -0.3 is 4.43 Å². The highest BCUT2D eigenvalue weighted by molar-refractivity contribution is 7.80. The molecule has 0 aliphatic rings. The van der Waals surface area contributed by atoms with E-state index < -0.39 is 9.04 Å². The van der Waals surface area contributed by atoms with Crippen LogP contribution < -0.4 is 0 Å². The lowest BCUT2D eigenvalue weighted by Crippen LogP contribution is -2.13. The van der Waals surface area contributed by atoms with E-state index in [-0.39, 0.29) is 0 Å². The molecule has 1 atom stereocenters. The van der Waals surface area contributed by atoms with E-state index in [0.29, 0.717) is 0 Å². The fourth-order valence-corrected chi connectivity index (χ4v) is 2.92. The zero-order valence-electron chi connectivity index (χ0n) is 6.97. The van der Waals surface area contributed by atoms with Gasteiger partial charge in [0.2, 0.25) is 0 Å². The molecule has 0 bridgehead atoms. The highest BCUT2D eigenvalue weighted by atomic mass is 32.1. The number of thiol groups is 1. The Bertz CT molecular complexity index is 66.6. The molecule has 0 amide bonds. The molecule has 0 aliphatic carbocycles. The van der Waals surface area contributed by atoms with E-state index >= 15 is 0 Å². The van der Waals surface area contributed by atoms with Crippen LogP contribution in [0.1, 0.15) is 19.8 Å². The summed E-state index contributed by atoms with van der Waals surface area (Å²) >= 11 is 4.16. The maximum Gasteiger partial charge on any atom is 0.176 e. The molecule has 0 N–H and O–H groups in total. The molecule has 62 valence electrons. The topological polar surface area (TPSA) is 9.23 Å². The van der Waals surface area contributed by atoms with Crippen molar-refractivity contribution in [1.82, 2.24) is 0 Å². The van der Waals surface area contributed by atoms with Gasteiger partial charge in [-0.3, -0.25) is 0 Å². The smallest absolute Gasteiger partial charge is 0.176 e. The lowest BCUT2D eigenvalue weighted by Gasteiger charge is -2.08. The average molecular weight is 178 g/mol. The molecule has 1 nitrogen and oxygen atoms in total. The number of hydrogen-bond acceptors (Lipinski definition) is 2. The summed E-state index contributed by atoms with van der Waals surface area (Å²) in [6.07, 6.45) is 2.55. The SMILES string of the molecule is CC[SiH](CCCCS)OC. The van der Waals surface area contributed by atoms with E-state index in [2.05, 4.69) is 19.6 Å².